The number of nitrogens with one attached hydrogen (secondary N) is 1. The maximum atomic E-state index is 12.0. The van der Waals surface area contributed by atoms with Crippen LogP contribution in [0.25, 0.3) is 6.08 Å². The zero-order valence-corrected chi connectivity index (χ0v) is 16.3. The average molecular weight is 397 g/mol. The van der Waals surface area contributed by atoms with Crippen LogP contribution in [0.3, 0.4) is 0 Å². The Hall–Kier alpha value is -3.74. The van der Waals surface area contributed by atoms with E-state index >= 15 is 0 Å². The number of carbonyl (C=O) groups is 2. The first-order chi connectivity index (χ1) is 14.0. The summed E-state index contributed by atoms with van der Waals surface area (Å²) in [6.07, 6.45) is 4.50. The Labute approximate surface area is 169 Å². The second-order valence-corrected chi connectivity index (χ2v) is 5.72. The maximum Gasteiger partial charge on any atom is 0.331 e. The number of amides is 1. The zero-order chi connectivity index (χ0) is 21.1. The predicted molar refractivity (Wildman–Crippen MR) is 110 cm³/mol. The highest BCUT2D eigenvalue weighted by Crippen LogP contribution is 2.28. The van der Waals surface area contributed by atoms with Gasteiger partial charge >= 0.3 is 5.97 Å². The number of hydrogen-bond acceptors (Lipinski definition) is 6. The molecular weight excluding hydrogens is 374 g/mol. The molecule has 0 unspecified atom stereocenters. The molecule has 1 amide bonds. The summed E-state index contributed by atoms with van der Waals surface area (Å²) in [5, 5.41) is 2.62. The normalized spacial score (nSPS) is 10.3. The Bertz CT molecular complexity index is 873. The molecule has 7 nitrogen and oxygen atoms in total. The number of carbonyl (C=O) groups excluding carboxylic acids is 2. The average Bonchev–Trinajstić information content (AvgIpc) is 2.75. The molecular formula is C22H23NO6. The van der Waals surface area contributed by atoms with Crippen molar-refractivity contribution in [2.24, 2.45) is 0 Å². The van der Waals surface area contributed by atoms with Gasteiger partial charge < -0.3 is 24.3 Å². The van der Waals surface area contributed by atoms with Crippen molar-refractivity contribution in [3.8, 4) is 17.2 Å². The van der Waals surface area contributed by atoms with Gasteiger partial charge in [-0.3, -0.25) is 4.79 Å². The third-order valence-electron chi connectivity index (χ3n) is 3.69. The van der Waals surface area contributed by atoms with E-state index in [1.54, 1.807) is 54.6 Å². The van der Waals surface area contributed by atoms with E-state index in [2.05, 4.69) is 11.9 Å². The lowest BCUT2D eigenvalue weighted by molar-refractivity contribution is -0.142. The largest absolute Gasteiger partial charge is 0.497 e. The van der Waals surface area contributed by atoms with Crippen LogP contribution in [0.2, 0.25) is 0 Å². The molecule has 0 aliphatic heterocycles. The molecule has 0 fully saturated rings. The number of methoxy groups -OCH3 is 2. The minimum atomic E-state index is -0.631. The van der Waals surface area contributed by atoms with Crippen LogP contribution in [0, 0.1) is 0 Å². The van der Waals surface area contributed by atoms with Gasteiger partial charge in [-0.25, -0.2) is 4.79 Å². The van der Waals surface area contributed by atoms with Gasteiger partial charge in [0, 0.05) is 12.1 Å². The SMILES string of the molecule is C=CCOc1ccc(/C=C/C(=O)OCC(=O)Nc2ccc(OC)cc2OC)cc1. The molecule has 2 rings (SSSR count). The van der Waals surface area contributed by atoms with E-state index in [1.807, 2.05) is 0 Å². The Morgan fingerprint density at radius 2 is 1.76 bits per heavy atom. The minimum Gasteiger partial charge on any atom is -0.497 e. The zero-order valence-electron chi connectivity index (χ0n) is 16.3. The number of anilines is 1. The van der Waals surface area contributed by atoms with Crippen molar-refractivity contribution in [3.63, 3.8) is 0 Å². The molecule has 0 saturated carbocycles. The number of esters is 1. The summed E-state index contributed by atoms with van der Waals surface area (Å²) in [6.45, 7) is 3.58. The monoisotopic (exact) mass is 397 g/mol. The summed E-state index contributed by atoms with van der Waals surface area (Å²) in [5.41, 5.74) is 1.24. The Kier molecular flexibility index (Phi) is 8.31. The van der Waals surface area contributed by atoms with E-state index in [9.17, 15) is 9.59 Å². The van der Waals surface area contributed by atoms with Crippen LogP contribution in [0.5, 0.6) is 17.2 Å². The van der Waals surface area contributed by atoms with Crippen molar-refractivity contribution in [2.75, 3.05) is 32.8 Å². The standard InChI is InChI=1S/C22H23NO6/c1-4-13-28-17-8-5-16(6-9-17)7-12-22(25)29-15-21(24)23-19-11-10-18(26-2)14-20(19)27-3/h4-12,14H,1,13,15H2,2-3H3,(H,23,24)/b12-7+. The summed E-state index contributed by atoms with van der Waals surface area (Å²) in [6, 6.07) is 12.1. The third-order valence-corrected chi connectivity index (χ3v) is 3.69. The fourth-order valence-corrected chi connectivity index (χ4v) is 2.27. The first kappa shape index (κ1) is 21.6. The van der Waals surface area contributed by atoms with Crippen LogP contribution in [-0.4, -0.2) is 39.3 Å². The fraction of sp³-hybridized carbons (Fsp3) is 0.182. The molecule has 0 spiro atoms. The van der Waals surface area contributed by atoms with E-state index in [1.165, 1.54) is 20.3 Å². The number of rotatable bonds is 10. The second-order valence-electron chi connectivity index (χ2n) is 5.72. The molecule has 0 saturated heterocycles. The third kappa shape index (κ3) is 7.06. The van der Waals surface area contributed by atoms with Crippen LogP contribution < -0.4 is 19.5 Å². The van der Waals surface area contributed by atoms with E-state index in [-0.39, 0.29) is 0 Å². The number of hydrogen-bond donors (Lipinski definition) is 1. The van der Waals surface area contributed by atoms with Gasteiger partial charge in [-0.15, -0.1) is 0 Å². The molecule has 29 heavy (non-hydrogen) atoms. The van der Waals surface area contributed by atoms with Crippen molar-refractivity contribution in [1.29, 1.82) is 0 Å². The van der Waals surface area contributed by atoms with Crippen molar-refractivity contribution >= 4 is 23.6 Å². The van der Waals surface area contributed by atoms with Crippen LogP contribution in [0.15, 0.2) is 61.2 Å². The molecule has 0 aliphatic carbocycles. The van der Waals surface area contributed by atoms with E-state index in [4.69, 9.17) is 18.9 Å². The Morgan fingerprint density at radius 1 is 1.03 bits per heavy atom. The smallest absolute Gasteiger partial charge is 0.331 e. The molecule has 0 aliphatic rings. The lowest BCUT2D eigenvalue weighted by Crippen LogP contribution is -2.20. The van der Waals surface area contributed by atoms with Gasteiger partial charge in [-0.1, -0.05) is 24.8 Å². The lowest BCUT2D eigenvalue weighted by atomic mass is 10.2. The van der Waals surface area contributed by atoms with Gasteiger partial charge in [-0.05, 0) is 35.9 Å². The van der Waals surface area contributed by atoms with Crippen molar-refractivity contribution in [2.45, 2.75) is 0 Å². The van der Waals surface area contributed by atoms with Crippen LogP contribution >= 0.6 is 0 Å². The van der Waals surface area contributed by atoms with E-state index in [0.717, 1.165) is 5.56 Å². The predicted octanol–water partition coefficient (Wildman–Crippen LogP) is 3.46. The number of ether oxygens (including phenoxy) is 4. The summed E-state index contributed by atoms with van der Waals surface area (Å²) in [7, 11) is 3.01. The number of benzene rings is 2. The van der Waals surface area contributed by atoms with Gasteiger partial charge in [0.2, 0.25) is 0 Å². The van der Waals surface area contributed by atoms with Gasteiger partial charge in [0.1, 0.15) is 23.9 Å². The van der Waals surface area contributed by atoms with Crippen LogP contribution in [0.4, 0.5) is 5.69 Å². The highest BCUT2D eigenvalue weighted by Gasteiger charge is 2.10. The van der Waals surface area contributed by atoms with E-state index in [0.29, 0.717) is 29.5 Å². The van der Waals surface area contributed by atoms with Crippen molar-refractivity contribution < 1.29 is 28.5 Å². The molecule has 0 bridgehead atoms. The van der Waals surface area contributed by atoms with Gasteiger partial charge in [0.15, 0.2) is 6.61 Å². The maximum absolute atomic E-state index is 12.0. The van der Waals surface area contributed by atoms with Gasteiger partial charge in [-0.2, -0.15) is 0 Å². The van der Waals surface area contributed by atoms with Crippen molar-refractivity contribution in [3.05, 3.63) is 66.8 Å². The molecule has 0 aromatic heterocycles. The molecule has 2 aromatic carbocycles. The summed E-state index contributed by atoms with van der Waals surface area (Å²) in [4.78, 5) is 23.8. The first-order valence-electron chi connectivity index (χ1n) is 8.76. The molecule has 0 radical (unpaired) electrons. The molecule has 152 valence electrons. The molecule has 0 heterocycles. The molecule has 7 heteroatoms. The summed E-state index contributed by atoms with van der Waals surface area (Å²) >= 11 is 0. The Morgan fingerprint density at radius 3 is 2.41 bits per heavy atom. The minimum absolute atomic E-state index is 0.423. The highest BCUT2D eigenvalue weighted by atomic mass is 16.5. The lowest BCUT2D eigenvalue weighted by Gasteiger charge is -2.11. The van der Waals surface area contributed by atoms with Gasteiger partial charge in [0.25, 0.3) is 5.91 Å². The highest BCUT2D eigenvalue weighted by molar-refractivity contribution is 5.95. The van der Waals surface area contributed by atoms with Crippen LogP contribution in [0.1, 0.15) is 5.56 Å². The fourth-order valence-electron chi connectivity index (χ4n) is 2.27. The Balaban J connectivity index is 1.83. The van der Waals surface area contributed by atoms with Crippen molar-refractivity contribution in [1.82, 2.24) is 0 Å². The van der Waals surface area contributed by atoms with Gasteiger partial charge in [0.05, 0.1) is 19.9 Å². The van der Waals surface area contributed by atoms with E-state index < -0.39 is 18.5 Å². The van der Waals surface area contributed by atoms with Crippen LogP contribution in [-0.2, 0) is 14.3 Å². The quantitative estimate of drug-likeness (QED) is 0.376. The molecule has 0 atom stereocenters. The summed E-state index contributed by atoms with van der Waals surface area (Å²) in [5.74, 6) is 0.615. The summed E-state index contributed by atoms with van der Waals surface area (Å²) < 4.78 is 20.6. The molecule has 2 aromatic rings. The second kappa shape index (κ2) is 11.2. The topological polar surface area (TPSA) is 83.1 Å². The molecule has 1 N–H and O–H groups in total. The first-order valence-corrected chi connectivity index (χ1v) is 8.76.